The average molecular weight is 240 g/mol. The molecule has 0 bridgehead atoms. The van der Waals surface area contributed by atoms with Gasteiger partial charge in [0.15, 0.2) is 0 Å². The van der Waals surface area contributed by atoms with Crippen LogP contribution in [0.2, 0.25) is 0 Å². The van der Waals surface area contributed by atoms with E-state index in [-0.39, 0.29) is 11.3 Å². The molecule has 3 nitrogen and oxygen atoms in total. The van der Waals surface area contributed by atoms with Crippen LogP contribution in [-0.4, -0.2) is 20.5 Å². The maximum atomic E-state index is 12.0. The van der Waals surface area contributed by atoms with E-state index in [4.69, 9.17) is 5.73 Å². The molecular formula is C12H20N2OS. The summed E-state index contributed by atoms with van der Waals surface area (Å²) in [5.41, 5.74) is 8.94. The van der Waals surface area contributed by atoms with Crippen LogP contribution in [0, 0.1) is 13.8 Å². The number of nitrogens with zero attached hydrogens (tertiary/aromatic N) is 1. The molecule has 0 saturated carbocycles. The zero-order chi connectivity index (χ0) is 12.3. The minimum Gasteiger partial charge on any atom is -0.327 e. The summed E-state index contributed by atoms with van der Waals surface area (Å²) in [5, 5.41) is 0.0145. The largest absolute Gasteiger partial charge is 0.327 e. The predicted molar refractivity (Wildman–Crippen MR) is 68.7 cm³/mol. The number of pyridine rings is 1. The first-order chi connectivity index (χ1) is 7.41. The molecule has 1 rings (SSSR count). The van der Waals surface area contributed by atoms with Gasteiger partial charge in [-0.3, -0.25) is 9.19 Å². The number of aromatic nitrogens is 1. The molecular weight excluding hydrogens is 220 g/mol. The summed E-state index contributed by atoms with van der Waals surface area (Å²) < 4.78 is 12.0. The Labute approximate surface area is 99.9 Å². The van der Waals surface area contributed by atoms with Gasteiger partial charge in [0.2, 0.25) is 0 Å². The van der Waals surface area contributed by atoms with E-state index in [1.165, 1.54) is 0 Å². The van der Waals surface area contributed by atoms with Crippen LogP contribution in [-0.2, 0) is 16.6 Å². The molecule has 2 N–H and O–H groups in total. The van der Waals surface area contributed by atoms with Crippen molar-refractivity contribution < 1.29 is 4.21 Å². The molecule has 1 heterocycles. The van der Waals surface area contributed by atoms with Crippen LogP contribution >= 0.6 is 0 Å². The first-order valence-electron chi connectivity index (χ1n) is 5.46. The van der Waals surface area contributed by atoms with Crippen molar-refractivity contribution >= 4 is 10.8 Å². The van der Waals surface area contributed by atoms with Crippen molar-refractivity contribution in [1.29, 1.82) is 0 Å². The first kappa shape index (κ1) is 13.3. The second kappa shape index (κ2) is 5.55. The van der Waals surface area contributed by atoms with Crippen LogP contribution in [0.5, 0.6) is 0 Å². The number of hydrogen-bond acceptors (Lipinski definition) is 3. The van der Waals surface area contributed by atoms with Crippen molar-refractivity contribution in [2.75, 3.05) is 0 Å². The van der Waals surface area contributed by atoms with Gasteiger partial charge >= 0.3 is 0 Å². The second-order valence-corrected chi connectivity index (χ2v) is 6.14. The fourth-order valence-electron chi connectivity index (χ4n) is 1.40. The van der Waals surface area contributed by atoms with Crippen LogP contribution in [0.1, 0.15) is 30.7 Å². The lowest BCUT2D eigenvalue weighted by atomic mass is 10.1. The monoisotopic (exact) mass is 240 g/mol. The molecule has 4 heteroatoms. The third-order valence-electron chi connectivity index (χ3n) is 2.81. The van der Waals surface area contributed by atoms with Crippen LogP contribution in [0.25, 0.3) is 0 Å². The summed E-state index contributed by atoms with van der Waals surface area (Å²) in [5.74, 6) is 0.543. The Hall–Kier alpha value is -0.740. The highest BCUT2D eigenvalue weighted by atomic mass is 32.2. The van der Waals surface area contributed by atoms with Crippen LogP contribution in [0.15, 0.2) is 12.3 Å². The minimum atomic E-state index is -0.928. The lowest BCUT2D eigenvalue weighted by Crippen LogP contribution is -2.33. The number of nitrogens with two attached hydrogens (primary N) is 1. The zero-order valence-electron chi connectivity index (χ0n) is 10.4. The summed E-state index contributed by atoms with van der Waals surface area (Å²) >= 11 is 0. The van der Waals surface area contributed by atoms with Gasteiger partial charge in [0.05, 0.1) is 5.75 Å². The van der Waals surface area contributed by atoms with E-state index >= 15 is 0 Å². The molecule has 0 aliphatic heterocycles. The summed E-state index contributed by atoms with van der Waals surface area (Å²) in [4.78, 5) is 4.23. The Bertz CT molecular complexity index is 391. The zero-order valence-corrected chi connectivity index (χ0v) is 11.2. The van der Waals surface area contributed by atoms with E-state index in [0.29, 0.717) is 5.75 Å². The van der Waals surface area contributed by atoms with Gasteiger partial charge in [-0.25, -0.2) is 0 Å². The molecule has 0 amide bonds. The Morgan fingerprint density at radius 2 is 2.06 bits per heavy atom. The second-order valence-electron chi connectivity index (χ2n) is 4.34. The van der Waals surface area contributed by atoms with E-state index in [2.05, 4.69) is 4.98 Å². The Morgan fingerprint density at radius 3 is 2.56 bits per heavy atom. The third-order valence-corrected chi connectivity index (χ3v) is 4.66. The molecule has 1 aromatic rings. The van der Waals surface area contributed by atoms with Crippen molar-refractivity contribution in [3.05, 3.63) is 29.1 Å². The molecule has 3 atom stereocenters. The summed E-state index contributed by atoms with van der Waals surface area (Å²) in [6.07, 6.45) is 1.82. The van der Waals surface area contributed by atoms with Gasteiger partial charge < -0.3 is 5.73 Å². The van der Waals surface area contributed by atoms with Gasteiger partial charge in [0, 0.05) is 34.0 Å². The highest BCUT2D eigenvalue weighted by Gasteiger charge is 2.16. The van der Waals surface area contributed by atoms with Gasteiger partial charge in [-0.1, -0.05) is 0 Å². The van der Waals surface area contributed by atoms with Gasteiger partial charge in [-0.05, 0) is 44.9 Å². The molecule has 90 valence electrons. The van der Waals surface area contributed by atoms with E-state index in [1.54, 1.807) is 0 Å². The molecule has 0 aliphatic carbocycles. The highest BCUT2D eigenvalue weighted by molar-refractivity contribution is 7.84. The molecule has 0 fully saturated rings. The number of hydrogen-bond donors (Lipinski definition) is 1. The van der Waals surface area contributed by atoms with Crippen LogP contribution in [0.3, 0.4) is 0 Å². The predicted octanol–water partition coefficient (Wildman–Crippen LogP) is 1.68. The number of aryl methyl sites for hydroxylation is 2. The van der Waals surface area contributed by atoms with E-state index in [1.807, 2.05) is 40.0 Å². The molecule has 0 radical (unpaired) electrons. The third kappa shape index (κ3) is 3.39. The van der Waals surface area contributed by atoms with E-state index in [9.17, 15) is 4.21 Å². The fourth-order valence-corrected chi connectivity index (χ4v) is 2.75. The molecule has 16 heavy (non-hydrogen) atoms. The van der Waals surface area contributed by atoms with Gasteiger partial charge in [-0.2, -0.15) is 0 Å². The topological polar surface area (TPSA) is 56.0 Å². The average Bonchev–Trinajstić information content (AvgIpc) is 2.20. The maximum absolute atomic E-state index is 12.0. The molecule has 0 spiro atoms. The first-order valence-corrected chi connectivity index (χ1v) is 6.85. The maximum Gasteiger partial charge on any atom is 0.0506 e. The van der Waals surface area contributed by atoms with Crippen molar-refractivity contribution in [2.24, 2.45) is 5.73 Å². The summed E-state index contributed by atoms with van der Waals surface area (Å²) in [6.45, 7) is 7.80. The van der Waals surface area contributed by atoms with Crippen molar-refractivity contribution in [1.82, 2.24) is 4.98 Å². The Morgan fingerprint density at radius 1 is 1.44 bits per heavy atom. The SMILES string of the molecule is Cc1cc(C)c(CS(=O)C(C)[C@@H](C)N)cn1. The smallest absolute Gasteiger partial charge is 0.0506 e. The number of rotatable bonds is 4. The van der Waals surface area contributed by atoms with Crippen molar-refractivity contribution in [3.8, 4) is 0 Å². The summed E-state index contributed by atoms with van der Waals surface area (Å²) in [6, 6.07) is 1.97. The fraction of sp³-hybridized carbons (Fsp3) is 0.583. The normalized spacial score (nSPS) is 16.8. The van der Waals surface area contributed by atoms with E-state index in [0.717, 1.165) is 16.8 Å². The van der Waals surface area contributed by atoms with Gasteiger partial charge in [0.25, 0.3) is 0 Å². The quantitative estimate of drug-likeness (QED) is 0.871. The van der Waals surface area contributed by atoms with Gasteiger partial charge in [0.1, 0.15) is 0 Å². The van der Waals surface area contributed by atoms with Crippen molar-refractivity contribution in [3.63, 3.8) is 0 Å². The van der Waals surface area contributed by atoms with Crippen LogP contribution in [0.4, 0.5) is 0 Å². The standard InChI is InChI=1S/C12H20N2OS/c1-8-5-9(2)14-6-12(8)7-16(15)11(4)10(3)13/h5-6,10-11H,7,13H2,1-4H3/t10-,11?,16?/m1/s1. The molecule has 0 aromatic carbocycles. The van der Waals surface area contributed by atoms with Crippen LogP contribution < -0.4 is 5.73 Å². The molecule has 2 unspecified atom stereocenters. The van der Waals surface area contributed by atoms with Crippen molar-refractivity contribution in [2.45, 2.75) is 44.7 Å². The Kier molecular flexibility index (Phi) is 4.62. The van der Waals surface area contributed by atoms with Gasteiger partial charge in [-0.15, -0.1) is 0 Å². The van der Waals surface area contributed by atoms with E-state index < -0.39 is 10.8 Å². The minimum absolute atomic E-state index is 0.0145. The lowest BCUT2D eigenvalue weighted by Gasteiger charge is -2.15. The highest BCUT2D eigenvalue weighted by Crippen LogP contribution is 2.13. The Balaban J connectivity index is 2.77. The molecule has 0 aliphatic rings. The molecule has 1 aromatic heterocycles. The summed E-state index contributed by atoms with van der Waals surface area (Å²) in [7, 11) is -0.928. The lowest BCUT2D eigenvalue weighted by molar-refractivity contribution is 0.648. The molecule has 0 saturated heterocycles.